The Bertz CT molecular complexity index is 749. The summed E-state index contributed by atoms with van der Waals surface area (Å²) in [7, 11) is 0. The van der Waals surface area contributed by atoms with Crippen molar-refractivity contribution in [1.29, 1.82) is 0 Å². The van der Waals surface area contributed by atoms with Crippen LogP contribution in [0.3, 0.4) is 0 Å². The van der Waals surface area contributed by atoms with Gasteiger partial charge in [-0.1, -0.05) is 60.7 Å². The van der Waals surface area contributed by atoms with Crippen LogP contribution >= 0.6 is 0 Å². The first-order chi connectivity index (χ1) is 13.7. The molecule has 0 bridgehead atoms. The van der Waals surface area contributed by atoms with Gasteiger partial charge >= 0.3 is 6.03 Å². The van der Waals surface area contributed by atoms with E-state index >= 15 is 0 Å². The Labute approximate surface area is 167 Å². The van der Waals surface area contributed by atoms with E-state index in [1.807, 2.05) is 41.3 Å². The molecule has 0 radical (unpaired) electrons. The summed E-state index contributed by atoms with van der Waals surface area (Å²) < 4.78 is 0. The lowest BCUT2D eigenvalue weighted by Crippen LogP contribution is -2.39. The maximum atomic E-state index is 12.4. The number of carbonyl (C=O) groups excluding carboxylic acids is 2. The number of hydrogen-bond acceptors (Lipinski definition) is 2. The van der Waals surface area contributed by atoms with E-state index in [0.717, 1.165) is 31.4 Å². The Kier molecular flexibility index (Phi) is 7.47. The minimum absolute atomic E-state index is 0.132. The zero-order valence-electron chi connectivity index (χ0n) is 16.3. The van der Waals surface area contributed by atoms with E-state index in [1.165, 1.54) is 5.56 Å². The SMILES string of the molecule is O=C(NCCc1ccccc1)NCC1CCC(=O)N(Cc2ccccc2)CC1. The maximum absolute atomic E-state index is 12.4. The second kappa shape index (κ2) is 10.5. The molecule has 2 aromatic rings. The van der Waals surface area contributed by atoms with Gasteiger partial charge in [-0.2, -0.15) is 0 Å². The van der Waals surface area contributed by atoms with Crippen LogP contribution < -0.4 is 10.6 Å². The van der Waals surface area contributed by atoms with Crippen molar-refractivity contribution < 1.29 is 9.59 Å². The van der Waals surface area contributed by atoms with Gasteiger partial charge in [-0.15, -0.1) is 0 Å². The molecule has 1 aliphatic rings. The van der Waals surface area contributed by atoms with Crippen molar-refractivity contribution in [2.24, 2.45) is 5.92 Å². The van der Waals surface area contributed by atoms with Crippen molar-refractivity contribution in [2.45, 2.75) is 32.2 Å². The molecule has 0 saturated carbocycles. The van der Waals surface area contributed by atoms with Gasteiger partial charge < -0.3 is 15.5 Å². The number of nitrogens with zero attached hydrogens (tertiary/aromatic N) is 1. The lowest BCUT2D eigenvalue weighted by molar-refractivity contribution is -0.131. The van der Waals surface area contributed by atoms with Crippen molar-refractivity contribution >= 4 is 11.9 Å². The summed E-state index contributed by atoms with van der Waals surface area (Å²) in [6.07, 6.45) is 3.12. The van der Waals surface area contributed by atoms with Crippen LogP contribution in [-0.2, 0) is 17.8 Å². The molecule has 2 N–H and O–H groups in total. The molecule has 148 valence electrons. The number of rotatable bonds is 7. The third kappa shape index (κ3) is 6.41. The zero-order valence-corrected chi connectivity index (χ0v) is 16.3. The molecule has 5 nitrogen and oxygen atoms in total. The number of hydrogen-bond donors (Lipinski definition) is 2. The number of carbonyl (C=O) groups is 2. The molecule has 1 saturated heterocycles. The lowest BCUT2D eigenvalue weighted by Gasteiger charge is -2.21. The van der Waals surface area contributed by atoms with Crippen LogP contribution in [0.15, 0.2) is 60.7 Å². The first kappa shape index (κ1) is 19.9. The highest BCUT2D eigenvalue weighted by atomic mass is 16.2. The van der Waals surface area contributed by atoms with Crippen molar-refractivity contribution in [3.63, 3.8) is 0 Å². The molecular weight excluding hydrogens is 350 g/mol. The molecule has 0 spiro atoms. The Hall–Kier alpha value is -2.82. The molecule has 1 atom stereocenters. The predicted octanol–water partition coefficient (Wildman–Crippen LogP) is 3.36. The molecule has 0 aromatic heterocycles. The highest BCUT2D eigenvalue weighted by molar-refractivity contribution is 5.76. The van der Waals surface area contributed by atoms with Gasteiger partial charge in [0.1, 0.15) is 0 Å². The molecule has 1 heterocycles. The lowest BCUT2D eigenvalue weighted by atomic mass is 10.0. The Morgan fingerprint density at radius 2 is 1.61 bits per heavy atom. The van der Waals surface area contributed by atoms with E-state index in [1.54, 1.807) is 0 Å². The monoisotopic (exact) mass is 379 g/mol. The summed E-state index contributed by atoms with van der Waals surface area (Å²) >= 11 is 0. The number of urea groups is 1. The Balaban J connectivity index is 1.37. The molecule has 1 aliphatic heterocycles. The third-order valence-corrected chi connectivity index (χ3v) is 5.24. The molecule has 3 rings (SSSR count). The highest BCUT2D eigenvalue weighted by Gasteiger charge is 2.22. The molecule has 3 amide bonds. The fourth-order valence-corrected chi connectivity index (χ4v) is 3.53. The summed E-state index contributed by atoms with van der Waals surface area (Å²) in [6, 6.07) is 20.1. The summed E-state index contributed by atoms with van der Waals surface area (Å²) in [5.41, 5.74) is 2.37. The molecule has 1 unspecified atom stereocenters. The average molecular weight is 380 g/mol. The number of nitrogens with one attached hydrogen (secondary N) is 2. The fraction of sp³-hybridized carbons (Fsp3) is 0.391. The Morgan fingerprint density at radius 3 is 2.32 bits per heavy atom. The normalized spacial score (nSPS) is 17.1. The zero-order chi connectivity index (χ0) is 19.6. The van der Waals surface area contributed by atoms with Crippen LogP contribution in [0.5, 0.6) is 0 Å². The summed E-state index contributed by atoms with van der Waals surface area (Å²) in [5, 5.41) is 5.88. The quantitative estimate of drug-likeness (QED) is 0.775. The molecule has 0 aliphatic carbocycles. The van der Waals surface area contributed by atoms with E-state index in [-0.39, 0.29) is 11.9 Å². The van der Waals surface area contributed by atoms with Crippen LogP contribution in [0, 0.1) is 5.92 Å². The van der Waals surface area contributed by atoms with Gasteiger partial charge in [0.15, 0.2) is 0 Å². The van der Waals surface area contributed by atoms with Gasteiger partial charge in [-0.05, 0) is 36.3 Å². The van der Waals surface area contributed by atoms with Crippen LogP contribution in [0.2, 0.25) is 0 Å². The largest absolute Gasteiger partial charge is 0.338 e. The van der Waals surface area contributed by atoms with Gasteiger partial charge in [0.2, 0.25) is 5.91 Å². The van der Waals surface area contributed by atoms with Crippen LogP contribution in [0.1, 0.15) is 30.4 Å². The average Bonchev–Trinajstić information content (AvgIpc) is 2.90. The minimum atomic E-state index is -0.132. The van der Waals surface area contributed by atoms with Crippen LogP contribution in [0.25, 0.3) is 0 Å². The van der Waals surface area contributed by atoms with Crippen molar-refractivity contribution in [2.75, 3.05) is 19.6 Å². The van der Waals surface area contributed by atoms with Crippen molar-refractivity contribution in [1.82, 2.24) is 15.5 Å². The number of likely N-dealkylation sites (tertiary alicyclic amines) is 1. The minimum Gasteiger partial charge on any atom is -0.338 e. The first-order valence-electron chi connectivity index (χ1n) is 10.1. The van der Waals surface area contributed by atoms with Crippen LogP contribution in [-0.4, -0.2) is 36.5 Å². The molecule has 28 heavy (non-hydrogen) atoms. The third-order valence-electron chi connectivity index (χ3n) is 5.24. The predicted molar refractivity (Wildman–Crippen MR) is 111 cm³/mol. The van der Waals surface area contributed by atoms with Gasteiger partial charge in [-0.25, -0.2) is 4.79 Å². The molecular formula is C23H29N3O2. The fourth-order valence-electron chi connectivity index (χ4n) is 3.53. The number of benzene rings is 2. The smallest absolute Gasteiger partial charge is 0.314 e. The van der Waals surface area contributed by atoms with E-state index in [0.29, 0.717) is 32.0 Å². The summed E-state index contributed by atoms with van der Waals surface area (Å²) in [5.74, 6) is 0.545. The van der Waals surface area contributed by atoms with Crippen molar-refractivity contribution in [3.05, 3.63) is 71.8 Å². The van der Waals surface area contributed by atoms with E-state index in [9.17, 15) is 9.59 Å². The highest BCUT2D eigenvalue weighted by Crippen LogP contribution is 2.19. The van der Waals surface area contributed by atoms with Gasteiger partial charge in [0.05, 0.1) is 0 Å². The number of amides is 3. The maximum Gasteiger partial charge on any atom is 0.314 e. The summed E-state index contributed by atoms with van der Waals surface area (Å²) in [6.45, 7) is 2.64. The first-order valence-corrected chi connectivity index (χ1v) is 10.1. The Morgan fingerprint density at radius 1 is 0.929 bits per heavy atom. The van der Waals surface area contributed by atoms with Gasteiger partial charge in [0.25, 0.3) is 0 Å². The van der Waals surface area contributed by atoms with E-state index in [4.69, 9.17) is 0 Å². The van der Waals surface area contributed by atoms with E-state index < -0.39 is 0 Å². The van der Waals surface area contributed by atoms with E-state index in [2.05, 4.69) is 34.9 Å². The van der Waals surface area contributed by atoms with Crippen molar-refractivity contribution in [3.8, 4) is 0 Å². The van der Waals surface area contributed by atoms with Gasteiger partial charge in [-0.3, -0.25) is 4.79 Å². The standard InChI is InChI=1S/C23H29N3O2/c27-22-12-11-20(14-16-26(22)18-21-9-5-2-6-10-21)17-25-23(28)24-15-13-19-7-3-1-4-8-19/h1-10,20H,11-18H2,(H2,24,25,28). The molecule has 1 fully saturated rings. The summed E-state index contributed by atoms with van der Waals surface area (Å²) in [4.78, 5) is 26.4. The second-order valence-corrected chi connectivity index (χ2v) is 7.37. The molecule has 5 heteroatoms. The van der Waals surface area contributed by atoms with Gasteiger partial charge in [0, 0.05) is 32.6 Å². The van der Waals surface area contributed by atoms with Crippen LogP contribution in [0.4, 0.5) is 4.79 Å². The topological polar surface area (TPSA) is 61.4 Å². The molecule has 2 aromatic carbocycles. The second-order valence-electron chi connectivity index (χ2n) is 7.37.